The van der Waals surface area contributed by atoms with Crippen LogP contribution in [0.15, 0.2) is 42.7 Å². The number of carbonyl (C=O) groups is 1. The van der Waals surface area contributed by atoms with E-state index in [2.05, 4.69) is 25.5 Å². The van der Waals surface area contributed by atoms with Crippen LogP contribution >= 0.6 is 0 Å². The van der Waals surface area contributed by atoms with Gasteiger partial charge in [-0.25, -0.2) is 4.98 Å². The van der Waals surface area contributed by atoms with Crippen molar-refractivity contribution in [2.75, 3.05) is 31.4 Å². The molecule has 0 bridgehead atoms. The van der Waals surface area contributed by atoms with Crippen LogP contribution in [0, 0.1) is 0 Å². The average Bonchev–Trinajstić information content (AvgIpc) is 3.13. The summed E-state index contributed by atoms with van der Waals surface area (Å²) in [4.78, 5) is 23.9. The maximum Gasteiger partial charge on any atom is 0.318 e. The van der Waals surface area contributed by atoms with Crippen molar-refractivity contribution < 1.29 is 9.53 Å². The second-order valence-electron chi connectivity index (χ2n) is 5.30. The fourth-order valence-corrected chi connectivity index (χ4v) is 2.12. The lowest BCUT2D eigenvalue weighted by molar-refractivity contribution is 0.102. The normalized spacial score (nSPS) is 10.4. The van der Waals surface area contributed by atoms with Gasteiger partial charge in [0.1, 0.15) is 5.69 Å². The highest BCUT2D eigenvalue weighted by Crippen LogP contribution is 2.23. The van der Waals surface area contributed by atoms with Gasteiger partial charge < -0.3 is 15.0 Å². The summed E-state index contributed by atoms with van der Waals surface area (Å²) in [6.07, 6.45) is 2.89. The zero-order chi connectivity index (χ0) is 17.8. The molecule has 0 radical (unpaired) electrons. The molecule has 0 aliphatic carbocycles. The molecule has 0 aliphatic rings. The number of anilines is 2. The molecule has 2 aromatic heterocycles. The third kappa shape index (κ3) is 3.55. The molecule has 0 atom stereocenters. The van der Waals surface area contributed by atoms with E-state index < -0.39 is 5.91 Å². The van der Waals surface area contributed by atoms with Gasteiger partial charge in [-0.3, -0.25) is 4.79 Å². The predicted octanol–water partition coefficient (Wildman–Crippen LogP) is 1.38. The zero-order valence-electron chi connectivity index (χ0n) is 14.0. The van der Waals surface area contributed by atoms with Crippen LogP contribution in [0.25, 0.3) is 5.69 Å². The van der Waals surface area contributed by atoms with E-state index >= 15 is 0 Å². The topological polar surface area (TPSA) is 98.1 Å². The molecule has 0 saturated heterocycles. The first-order chi connectivity index (χ1) is 12.1. The Balaban J connectivity index is 1.82. The average molecular weight is 339 g/mol. The van der Waals surface area contributed by atoms with E-state index in [1.807, 2.05) is 44.4 Å². The minimum absolute atomic E-state index is 0.185. The number of para-hydroxylation sites is 1. The number of carbonyl (C=O) groups excluding carboxylic acids is 1. The maximum atomic E-state index is 12.5. The summed E-state index contributed by atoms with van der Waals surface area (Å²) < 4.78 is 5.01. The smallest absolute Gasteiger partial charge is 0.318 e. The molecule has 25 heavy (non-hydrogen) atoms. The number of amides is 1. The van der Waals surface area contributed by atoms with E-state index in [0.717, 1.165) is 5.69 Å². The molecule has 0 saturated carbocycles. The SMILES string of the molecule is COc1ncc(NC(=O)c2cnn(-c3ccccc3)n2)c(N(C)C)n1. The Morgan fingerprint density at radius 3 is 2.64 bits per heavy atom. The number of benzene rings is 1. The number of methoxy groups -OCH3 is 1. The van der Waals surface area contributed by atoms with E-state index in [1.165, 1.54) is 24.3 Å². The summed E-state index contributed by atoms with van der Waals surface area (Å²) in [7, 11) is 5.10. The largest absolute Gasteiger partial charge is 0.467 e. The Labute approximate surface area is 144 Å². The lowest BCUT2D eigenvalue weighted by atomic mass is 10.3. The molecule has 1 aromatic carbocycles. The molecule has 0 spiro atoms. The van der Waals surface area contributed by atoms with Crippen molar-refractivity contribution in [2.24, 2.45) is 0 Å². The van der Waals surface area contributed by atoms with Gasteiger partial charge in [-0.05, 0) is 12.1 Å². The first-order valence-corrected chi connectivity index (χ1v) is 7.46. The second-order valence-corrected chi connectivity index (χ2v) is 5.30. The number of rotatable bonds is 5. The monoisotopic (exact) mass is 339 g/mol. The predicted molar refractivity (Wildman–Crippen MR) is 92.2 cm³/mol. The molecular formula is C16H17N7O2. The van der Waals surface area contributed by atoms with Gasteiger partial charge in [0.25, 0.3) is 5.91 Å². The molecule has 0 unspecified atom stereocenters. The first kappa shape index (κ1) is 16.4. The number of nitrogens with zero attached hydrogens (tertiary/aromatic N) is 6. The van der Waals surface area contributed by atoms with Crippen molar-refractivity contribution in [3.05, 3.63) is 48.4 Å². The van der Waals surface area contributed by atoms with Gasteiger partial charge in [0.2, 0.25) is 0 Å². The molecule has 128 valence electrons. The van der Waals surface area contributed by atoms with Crippen molar-refractivity contribution in [1.82, 2.24) is 25.0 Å². The number of hydrogen-bond acceptors (Lipinski definition) is 7. The van der Waals surface area contributed by atoms with E-state index in [-0.39, 0.29) is 11.7 Å². The van der Waals surface area contributed by atoms with Crippen LogP contribution in [0.3, 0.4) is 0 Å². The Morgan fingerprint density at radius 2 is 1.96 bits per heavy atom. The minimum atomic E-state index is -0.404. The summed E-state index contributed by atoms with van der Waals surface area (Å²) in [6, 6.07) is 9.56. The number of ether oxygens (including phenoxy) is 1. The van der Waals surface area contributed by atoms with Gasteiger partial charge in [-0.15, -0.1) is 5.10 Å². The van der Waals surface area contributed by atoms with Crippen LogP contribution < -0.4 is 15.0 Å². The molecule has 1 N–H and O–H groups in total. The zero-order valence-corrected chi connectivity index (χ0v) is 14.0. The summed E-state index contributed by atoms with van der Waals surface area (Å²) in [5.41, 5.74) is 1.40. The number of nitrogens with one attached hydrogen (secondary N) is 1. The van der Waals surface area contributed by atoms with E-state index in [0.29, 0.717) is 11.5 Å². The summed E-state index contributed by atoms with van der Waals surface area (Å²) in [5, 5.41) is 11.1. The van der Waals surface area contributed by atoms with Crippen molar-refractivity contribution >= 4 is 17.4 Å². The molecule has 3 aromatic rings. The standard InChI is InChI=1S/C16H17N7O2/c1-22(2)14-12(9-17-16(20-14)25-3)19-15(24)13-10-18-23(21-13)11-7-5-4-6-8-11/h4-10H,1-3H3,(H,19,24). The molecule has 0 fully saturated rings. The summed E-state index contributed by atoms with van der Waals surface area (Å²) >= 11 is 0. The molecule has 0 aliphatic heterocycles. The van der Waals surface area contributed by atoms with Gasteiger partial charge in [0, 0.05) is 14.1 Å². The van der Waals surface area contributed by atoms with Gasteiger partial charge in [0.05, 0.1) is 25.2 Å². The van der Waals surface area contributed by atoms with Crippen LogP contribution in [-0.2, 0) is 0 Å². The van der Waals surface area contributed by atoms with Gasteiger partial charge >= 0.3 is 6.01 Å². The van der Waals surface area contributed by atoms with Gasteiger partial charge in [-0.1, -0.05) is 18.2 Å². The molecule has 3 rings (SSSR count). The van der Waals surface area contributed by atoms with Crippen LogP contribution in [0.5, 0.6) is 6.01 Å². The van der Waals surface area contributed by atoms with Gasteiger partial charge in [0.15, 0.2) is 11.5 Å². The van der Waals surface area contributed by atoms with Crippen LogP contribution in [0.1, 0.15) is 10.5 Å². The van der Waals surface area contributed by atoms with Crippen molar-refractivity contribution in [3.63, 3.8) is 0 Å². The lowest BCUT2D eigenvalue weighted by Crippen LogP contribution is -2.19. The van der Waals surface area contributed by atoms with Gasteiger partial charge in [-0.2, -0.15) is 14.9 Å². The Morgan fingerprint density at radius 1 is 1.20 bits per heavy atom. The molecule has 2 heterocycles. The highest BCUT2D eigenvalue weighted by atomic mass is 16.5. The lowest BCUT2D eigenvalue weighted by Gasteiger charge is -2.16. The fourth-order valence-electron chi connectivity index (χ4n) is 2.12. The summed E-state index contributed by atoms with van der Waals surface area (Å²) in [5.74, 6) is 0.120. The third-order valence-electron chi connectivity index (χ3n) is 3.31. The van der Waals surface area contributed by atoms with Crippen molar-refractivity contribution in [2.45, 2.75) is 0 Å². The minimum Gasteiger partial charge on any atom is -0.467 e. The van der Waals surface area contributed by atoms with E-state index in [4.69, 9.17) is 4.74 Å². The van der Waals surface area contributed by atoms with E-state index in [1.54, 1.807) is 4.90 Å². The number of hydrogen-bond donors (Lipinski definition) is 1. The highest BCUT2D eigenvalue weighted by molar-refractivity contribution is 6.04. The maximum absolute atomic E-state index is 12.5. The van der Waals surface area contributed by atoms with Crippen molar-refractivity contribution in [3.8, 4) is 11.7 Å². The molecule has 9 nitrogen and oxygen atoms in total. The molecule has 9 heteroatoms. The quantitative estimate of drug-likeness (QED) is 0.750. The number of aromatic nitrogens is 5. The highest BCUT2D eigenvalue weighted by Gasteiger charge is 2.16. The first-order valence-electron chi connectivity index (χ1n) is 7.46. The summed E-state index contributed by atoms with van der Waals surface area (Å²) in [6.45, 7) is 0. The van der Waals surface area contributed by atoms with Crippen molar-refractivity contribution in [1.29, 1.82) is 0 Å². The third-order valence-corrected chi connectivity index (χ3v) is 3.31. The Kier molecular flexibility index (Phi) is 4.55. The molecule has 1 amide bonds. The van der Waals surface area contributed by atoms with E-state index in [9.17, 15) is 4.79 Å². The fraction of sp³-hybridized carbons (Fsp3) is 0.188. The Bertz CT molecular complexity index is 877. The molecular weight excluding hydrogens is 322 g/mol. The van der Waals surface area contributed by atoms with Crippen LogP contribution in [-0.4, -0.2) is 52.1 Å². The second kappa shape index (κ2) is 6.95. The van der Waals surface area contributed by atoms with Crippen LogP contribution in [0.2, 0.25) is 0 Å². The Hall–Kier alpha value is -3.49. The van der Waals surface area contributed by atoms with Crippen LogP contribution in [0.4, 0.5) is 11.5 Å².